The maximum Gasteiger partial charge on any atom is 0.334 e. The molecule has 0 heterocycles. The summed E-state index contributed by atoms with van der Waals surface area (Å²) in [7, 11) is 0. The zero-order chi connectivity index (χ0) is 19.1. The Balaban J connectivity index is 3.34. The van der Waals surface area contributed by atoms with Crippen molar-refractivity contribution in [3.05, 3.63) is 53.6 Å². The molecule has 0 saturated heterocycles. The predicted molar refractivity (Wildman–Crippen MR) is 92.2 cm³/mol. The molecule has 1 rings (SSSR count). The molecule has 1 aromatic carbocycles. The molecular weight excluding hydrogens is 324 g/mol. The minimum atomic E-state index is -1.38. The van der Waals surface area contributed by atoms with E-state index < -0.39 is 23.6 Å². The Morgan fingerprint density at radius 3 is 1.96 bits per heavy atom. The smallest absolute Gasteiger partial charge is 0.334 e. The Morgan fingerprint density at radius 1 is 1.04 bits per heavy atom. The normalized spacial score (nSPS) is 10.2. The molecule has 134 valence electrons. The number of Topliss-reactive ketones (excluding diaryl/α,β-unsaturated/α-hetero) is 1. The van der Waals surface area contributed by atoms with Crippen molar-refractivity contribution in [1.82, 2.24) is 0 Å². The number of aromatic hydroxyl groups is 1. The summed E-state index contributed by atoms with van der Waals surface area (Å²) in [6.45, 7) is 12.3. The van der Waals surface area contributed by atoms with E-state index in [-0.39, 0.29) is 35.7 Å². The molecule has 1 aromatic rings. The SMILES string of the molecule is C=C(C(=O)OCC)C(C(=C)C(=O)OCC)C(=O)c1cc(C)ccc1O. The van der Waals surface area contributed by atoms with Gasteiger partial charge in [0, 0.05) is 11.1 Å². The van der Waals surface area contributed by atoms with E-state index in [1.165, 1.54) is 12.1 Å². The molecule has 0 aliphatic rings. The Labute approximate surface area is 146 Å². The van der Waals surface area contributed by atoms with Crippen LogP contribution in [-0.4, -0.2) is 36.0 Å². The van der Waals surface area contributed by atoms with Gasteiger partial charge in [0.25, 0.3) is 0 Å². The second kappa shape index (κ2) is 8.82. The second-order valence-electron chi connectivity index (χ2n) is 5.31. The molecule has 0 amide bonds. The maximum atomic E-state index is 12.9. The van der Waals surface area contributed by atoms with E-state index in [1.807, 2.05) is 0 Å². The van der Waals surface area contributed by atoms with Gasteiger partial charge in [-0.05, 0) is 32.9 Å². The van der Waals surface area contributed by atoms with E-state index in [1.54, 1.807) is 26.8 Å². The molecule has 1 N–H and O–H groups in total. The number of hydrogen-bond acceptors (Lipinski definition) is 6. The first-order valence-electron chi connectivity index (χ1n) is 7.80. The quantitative estimate of drug-likeness (QED) is 0.442. The summed E-state index contributed by atoms with van der Waals surface area (Å²) in [5.41, 5.74) is 0.195. The van der Waals surface area contributed by atoms with Gasteiger partial charge in [0.05, 0.1) is 24.7 Å². The molecule has 0 unspecified atom stereocenters. The van der Waals surface area contributed by atoms with Gasteiger partial charge < -0.3 is 14.6 Å². The van der Waals surface area contributed by atoms with Crippen molar-refractivity contribution in [3.63, 3.8) is 0 Å². The highest BCUT2D eigenvalue weighted by Gasteiger charge is 2.35. The van der Waals surface area contributed by atoms with Crippen LogP contribution >= 0.6 is 0 Å². The first-order chi connectivity index (χ1) is 11.7. The van der Waals surface area contributed by atoms with Crippen molar-refractivity contribution in [2.24, 2.45) is 5.92 Å². The van der Waals surface area contributed by atoms with E-state index in [4.69, 9.17) is 9.47 Å². The Morgan fingerprint density at radius 2 is 1.52 bits per heavy atom. The fourth-order valence-electron chi connectivity index (χ4n) is 2.21. The number of ether oxygens (including phenoxy) is 2. The van der Waals surface area contributed by atoms with Crippen molar-refractivity contribution >= 4 is 17.7 Å². The molecule has 0 saturated carbocycles. The number of phenols is 1. The van der Waals surface area contributed by atoms with Crippen molar-refractivity contribution in [3.8, 4) is 5.75 Å². The van der Waals surface area contributed by atoms with Crippen LogP contribution in [-0.2, 0) is 19.1 Å². The number of carbonyl (C=O) groups is 3. The van der Waals surface area contributed by atoms with Crippen LogP contribution in [0.1, 0.15) is 29.8 Å². The van der Waals surface area contributed by atoms with Crippen molar-refractivity contribution in [2.45, 2.75) is 20.8 Å². The van der Waals surface area contributed by atoms with Crippen LogP contribution in [0.15, 0.2) is 42.5 Å². The Bertz CT molecular complexity index is 687. The molecule has 0 fully saturated rings. The predicted octanol–water partition coefficient (Wildman–Crippen LogP) is 2.74. The highest BCUT2D eigenvalue weighted by molar-refractivity contribution is 6.12. The first-order valence-corrected chi connectivity index (χ1v) is 7.80. The molecule has 25 heavy (non-hydrogen) atoms. The molecule has 0 aliphatic carbocycles. The molecule has 0 radical (unpaired) electrons. The second-order valence-corrected chi connectivity index (χ2v) is 5.31. The van der Waals surface area contributed by atoms with Crippen molar-refractivity contribution < 1.29 is 29.0 Å². The standard InChI is InChI=1S/C19H22O6/c1-6-24-18(22)12(4)16(13(5)19(23)25-7-2)17(21)14-10-11(3)8-9-15(14)20/h8-10,16,20H,4-7H2,1-3H3. The third-order valence-corrected chi connectivity index (χ3v) is 3.45. The van der Waals surface area contributed by atoms with E-state index in [0.717, 1.165) is 5.56 Å². The number of phenolic OH excluding ortho intramolecular Hbond substituents is 1. The van der Waals surface area contributed by atoms with Gasteiger partial charge in [0.2, 0.25) is 0 Å². The molecule has 0 aliphatic heterocycles. The van der Waals surface area contributed by atoms with Crippen LogP contribution in [0, 0.1) is 12.8 Å². The van der Waals surface area contributed by atoms with E-state index in [2.05, 4.69) is 13.2 Å². The van der Waals surface area contributed by atoms with Crippen LogP contribution in [0.25, 0.3) is 0 Å². The first kappa shape index (κ1) is 20.2. The lowest BCUT2D eigenvalue weighted by Crippen LogP contribution is -2.28. The Hall–Kier alpha value is -2.89. The summed E-state index contributed by atoms with van der Waals surface area (Å²) in [6, 6.07) is 4.45. The van der Waals surface area contributed by atoms with Crippen molar-refractivity contribution in [2.75, 3.05) is 13.2 Å². The number of ketones is 1. The summed E-state index contributed by atoms with van der Waals surface area (Å²) in [5.74, 6) is -3.98. The number of hydrogen-bond donors (Lipinski definition) is 1. The average Bonchev–Trinajstić information content (AvgIpc) is 2.57. The van der Waals surface area contributed by atoms with Gasteiger partial charge in [-0.2, -0.15) is 0 Å². The molecule has 0 aromatic heterocycles. The third kappa shape index (κ3) is 4.79. The summed E-state index contributed by atoms with van der Waals surface area (Å²) in [4.78, 5) is 37.0. The number of aryl methyl sites for hydroxylation is 1. The van der Waals surface area contributed by atoms with E-state index in [0.29, 0.717) is 0 Å². The Kier molecular flexibility index (Phi) is 7.11. The molecule has 6 nitrogen and oxygen atoms in total. The summed E-state index contributed by atoms with van der Waals surface area (Å²) in [6.07, 6.45) is 0. The van der Waals surface area contributed by atoms with E-state index in [9.17, 15) is 19.5 Å². The summed E-state index contributed by atoms with van der Waals surface area (Å²) in [5, 5.41) is 9.99. The van der Waals surface area contributed by atoms with Crippen LogP contribution < -0.4 is 0 Å². The maximum absolute atomic E-state index is 12.9. The van der Waals surface area contributed by atoms with Gasteiger partial charge in [-0.25, -0.2) is 9.59 Å². The third-order valence-electron chi connectivity index (χ3n) is 3.45. The number of benzene rings is 1. The van der Waals surface area contributed by atoms with Gasteiger partial charge in [-0.3, -0.25) is 4.79 Å². The van der Waals surface area contributed by atoms with Gasteiger partial charge in [0.15, 0.2) is 5.78 Å². The highest BCUT2D eigenvalue weighted by atomic mass is 16.5. The molecule has 6 heteroatoms. The number of carbonyl (C=O) groups excluding carboxylic acids is 3. The van der Waals surface area contributed by atoms with Gasteiger partial charge in [-0.15, -0.1) is 0 Å². The minimum absolute atomic E-state index is 0.0408. The zero-order valence-electron chi connectivity index (χ0n) is 14.6. The molecular formula is C19H22O6. The fourth-order valence-corrected chi connectivity index (χ4v) is 2.21. The van der Waals surface area contributed by atoms with Crippen LogP contribution in [0.2, 0.25) is 0 Å². The molecule has 0 spiro atoms. The lowest BCUT2D eigenvalue weighted by molar-refractivity contribution is -0.139. The number of rotatable bonds is 8. The molecule has 0 bridgehead atoms. The lowest BCUT2D eigenvalue weighted by Gasteiger charge is -2.19. The zero-order valence-corrected chi connectivity index (χ0v) is 14.6. The summed E-state index contributed by atoms with van der Waals surface area (Å²) < 4.78 is 9.74. The topological polar surface area (TPSA) is 89.9 Å². The van der Waals surface area contributed by atoms with Gasteiger partial charge >= 0.3 is 11.9 Å². The van der Waals surface area contributed by atoms with Crippen LogP contribution in [0.4, 0.5) is 0 Å². The summed E-state index contributed by atoms with van der Waals surface area (Å²) >= 11 is 0. The largest absolute Gasteiger partial charge is 0.507 e. The van der Waals surface area contributed by atoms with Crippen LogP contribution in [0.3, 0.4) is 0 Å². The lowest BCUT2D eigenvalue weighted by atomic mass is 9.84. The van der Waals surface area contributed by atoms with Gasteiger partial charge in [-0.1, -0.05) is 24.8 Å². The van der Waals surface area contributed by atoms with Crippen LogP contribution in [0.5, 0.6) is 5.75 Å². The minimum Gasteiger partial charge on any atom is -0.507 e. The fraction of sp³-hybridized carbons (Fsp3) is 0.316. The van der Waals surface area contributed by atoms with E-state index >= 15 is 0 Å². The molecule has 0 atom stereocenters. The highest BCUT2D eigenvalue weighted by Crippen LogP contribution is 2.29. The monoisotopic (exact) mass is 346 g/mol. The van der Waals surface area contributed by atoms with Crippen molar-refractivity contribution in [1.29, 1.82) is 0 Å². The van der Waals surface area contributed by atoms with Gasteiger partial charge in [0.1, 0.15) is 5.75 Å². The number of esters is 2. The average molecular weight is 346 g/mol.